The van der Waals surface area contributed by atoms with Gasteiger partial charge in [-0.2, -0.15) is 12.3 Å². The summed E-state index contributed by atoms with van der Waals surface area (Å²) in [5, 5.41) is 0. The molecule has 0 atom stereocenters. The minimum absolute atomic E-state index is 0. The molecule has 8 heavy (non-hydrogen) atoms. The minimum Gasteiger partial charge on any atom is -0.344 e. The summed E-state index contributed by atoms with van der Waals surface area (Å²) in [6.07, 6.45) is 1.00. The number of hydrogen-bond acceptors (Lipinski definition) is 0. The topological polar surface area (TPSA) is 0 Å². The SMILES string of the molecule is [CH2-]C(C)C.[CH2-]CC.[W+2]. The van der Waals surface area contributed by atoms with Gasteiger partial charge < -0.3 is 13.8 Å². The molecule has 0 saturated heterocycles. The maximum Gasteiger partial charge on any atom is 2.00 e. The van der Waals surface area contributed by atoms with Crippen molar-refractivity contribution in [2.45, 2.75) is 27.2 Å². The zero-order chi connectivity index (χ0) is 6.28. The van der Waals surface area contributed by atoms with Gasteiger partial charge in [0, 0.05) is 0 Å². The third-order valence-electron chi connectivity index (χ3n) is 0. The van der Waals surface area contributed by atoms with Crippen LogP contribution in [0, 0.1) is 19.8 Å². The van der Waals surface area contributed by atoms with Gasteiger partial charge in [0.1, 0.15) is 0 Å². The van der Waals surface area contributed by atoms with Gasteiger partial charge in [0.25, 0.3) is 0 Å². The van der Waals surface area contributed by atoms with Crippen molar-refractivity contribution in [2.24, 2.45) is 5.92 Å². The Labute approximate surface area is 68.3 Å². The first-order valence-corrected chi connectivity index (χ1v) is 2.77. The Morgan fingerprint density at radius 2 is 1.38 bits per heavy atom. The van der Waals surface area contributed by atoms with Crippen LogP contribution in [-0.2, 0) is 21.1 Å². The van der Waals surface area contributed by atoms with Crippen molar-refractivity contribution in [3.05, 3.63) is 13.8 Å². The molecule has 0 rings (SSSR count). The zero-order valence-corrected chi connectivity index (χ0v) is 9.04. The van der Waals surface area contributed by atoms with Crippen molar-refractivity contribution < 1.29 is 21.1 Å². The van der Waals surface area contributed by atoms with Crippen molar-refractivity contribution >= 4 is 0 Å². The molecule has 0 saturated carbocycles. The summed E-state index contributed by atoms with van der Waals surface area (Å²) >= 11 is 0. The molecule has 0 amide bonds. The average molecular weight is 284 g/mol. The molecule has 50 valence electrons. The fraction of sp³-hybridized carbons (Fsp3) is 0.714. The van der Waals surface area contributed by atoms with E-state index in [1.165, 1.54) is 0 Å². The molecule has 0 aromatic carbocycles. The molecule has 0 aliphatic heterocycles. The molecule has 0 heterocycles. The Morgan fingerprint density at radius 3 is 1.38 bits per heavy atom. The summed E-state index contributed by atoms with van der Waals surface area (Å²) in [7, 11) is 0. The summed E-state index contributed by atoms with van der Waals surface area (Å²) in [5.74, 6) is 0.583. The summed E-state index contributed by atoms with van der Waals surface area (Å²) in [6, 6.07) is 0. The van der Waals surface area contributed by atoms with Gasteiger partial charge in [-0.05, 0) is 0 Å². The van der Waals surface area contributed by atoms with E-state index in [0.29, 0.717) is 5.92 Å². The second-order valence-electron chi connectivity index (χ2n) is 1.89. The molecule has 1 heteroatoms. The molecule has 0 fully saturated rings. The predicted octanol–water partition coefficient (Wildman–Crippen LogP) is 2.70. The van der Waals surface area contributed by atoms with Crippen molar-refractivity contribution in [1.29, 1.82) is 0 Å². The van der Waals surface area contributed by atoms with Crippen molar-refractivity contribution in [2.75, 3.05) is 0 Å². The van der Waals surface area contributed by atoms with E-state index in [0.717, 1.165) is 6.42 Å². The standard InChI is InChI=1S/C4H9.C3H7.W/c1-4(2)3;1-3-2;/h4H,1H2,2-3H3;1,3H2,2H3;/q2*-1;+2. The van der Waals surface area contributed by atoms with E-state index in [9.17, 15) is 0 Å². The molecule has 0 nitrogen and oxygen atoms in total. The van der Waals surface area contributed by atoms with Crippen LogP contribution in [-0.4, -0.2) is 0 Å². The van der Waals surface area contributed by atoms with Crippen molar-refractivity contribution in [1.82, 2.24) is 0 Å². The minimum atomic E-state index is 0. The van der Waals surface area contributed by atoms with E-state index in [1.54, 1.807) is 0 Å². The number of hydrogen-bond donors (Lipinski definition) is 0. The Bertz CT molecular complexity index is 15.6. The summed E-state index contributed by atoms with van der Waals surface area (Å²) in [6.45, 7) is 13.2. The van der Waals surface area contributed by atoms with Gasteiger partial charge in [-0.3, -0.25) is 0 Å². The largest absolute Gasteiger partial charge is 2.00 e. The van der Waals surface area contributed by atoms with E-state index >= 15 is 0 Å². The third kappa shape index (κ3) is 457. The monoisotopic (exact) mass is 284 g/mol. The summed E-state index contributed by atoms with van der Waals surface area (Å²) in [5.41, 5.74) is 0. The first-order chi connectivity index (χ1) is 3.15. The Balaban J connectivity index is -0.0000000575. The van der Waals surface area contributed by atoms with Gasteiger partial charge in [0.05, 0.1) is 0 Å². The summed E-state index contributed by atoms with van der Waals surface area (Å²) < 4.78 is 0. The normalized spacial score (nSPS) is 6.75. The molecule has 0 aromatic heterocycles. The molecule has 0 radical (unpaired) electrons. The van der Waals surface area contributed by atoms with E-state index < -0.39 is 0 Å². The van der Waals surface area contributed by atoms with Crippen molar-refractivity contribution in [3.63, 3.8) is 0 Å². The fourth-order valence-corrected chi connectivity index (χ4v) is 0. The van der Waals surface area contributed by atoms with E-state index in [2.05, 4.69) is 27.7 Å². The molecule has 0 aliphatic carbocycles. The van der Waals surface area contributed by atoms with Crippen LogP contribution >= 0.6 is 0 Å². The summed E-state index contributed by atoms with van der Waals surface area (Å²) in [4.78, 5) is 0. The quantitative estimate of drug-likeness (QED) is 0.600. The van der Waals surface area contributed by atoms with Gasteiger partial charge in [-0.25, -0.2) is 0 Å². The van der Waals surface area contributed by atoms with Gasteiger partial charge in [0.15, 0.2) is 0 Å². The second-order valence-corrected chi connectivity index (χ2v) is 1.89. The molecule has 0 N–H and O–H groups in total. The zero-order valence-electron chi connectivity index (χ0n) is 6.11. The van der Waals surface area contributed by atoms with Gasteiger partial charge >= 0.3 is 21.1 Å². The van der Waals surface area contributed by atoms with Crippen LogP contribution in [0.15, 0.2) is 0 Å². The fourth-order valence-electron chi connectivity index (χ4n) is 0. The third-order valence-corrected chi connectivity index (χ3v) is 0. The van der Waals surface area contributed by atoms with Crippen LogP contribution in [0.1, 0.15) is 27.2 Å². The molecular weight excluding hydrogens is 268 g/mol. The smallest absolute Gasteiger partial charge is 0.344 e. The van der Waals surface area contributed by atoms with E-state index in [4.69, 9.17) is 0 Å². The molecule has 0 aromatic rings. The van der Waals surface area contributed by atoms with Crippen LogP contribution in [0.2, 0.25) is 0 Å². The molecule has 0 aliphatic rings. The Morgan fingerprint density at radius 1 is 1.38 bits per heavy atom. The van der Waals surface area contributed by atoms with Gasteiger partial charge in [-0.1, -0.05) is 20.8 Å². The van der Waals surface area contributed by atoms with Gasteiger partial charge in [-0.15, -0.1) is 0 Å². The maximum absolute atomic E-state index is 3.64. The van der Waals surface area contributed by atoms with Gasteiger partial charge in [0.2, 0.25) is 0 Å². The first kappa shape index (κ1) is 15.9. The Kier molecular flexibility index (Phi) is 31.0. The van der Waals surface area contributed by atoms with Crippen LogP contribution in [0.25, 0.3) is 0 Å². The molecular formula is C7H16W. The van der Waals surface area contributed by atoms with E-state index in [-0.39, 0.29) is 21.1 Å². The average Bonchev–Trinajstić information content (AvgIpc) is 1.33. The molecule has 0 unspecified atom stereocenters. The first-order valence-electron chi connectivity index (χ1n) is 2.77. The van der Waals surface area contributed by atoms with Crippen molar-refractivity contribution in [3.8, 4) is 0 Å². The number of rotatable bonds is 0. The molecule has 0 spiro atoms. The van der Waals surface area contributed by atoms with Crippen LogP contribution in [0.4, 0.5) is 0 Å². The van der Waals surface area contributed by atoms with E-state index in [1.807, 2.05) is 6.92 Å². The van der Waals surface area contributed by atoms with Crippen LogP contribution < -0.4 is 0 Å². The maximum atomic E-state index is 3.64. The molecule has 0 bridgehead atoms. The predicted molar refractivity (Wildman–Crippen MR) is 35.8 cm³/mol. The van der Waals surface area contributed by atoms with Crippen LogP contribution in [0.3, 0.4) is 0 Å². The van der Waals surface area contributed by atoms with Crippen LogP contribution in [0.5, 0.6) is 0 Å². The Hall–Kier alpha value is 0.688. The second kappa shape index (κ2) is 15.6.